The van der Waals surface area contributed by atoms with Crippen molar-refractivity contribution < 1.29 is 19.0 Å². The monoisotopic (exact) mass is 423 g/mol. The van der Waals surface area contributed by atoms with Crippen molar-refractivity contribution in [3.63, 3.8) is 0 Å². The Hall–Kier alpha value is -0.890. The Morgan fingerprint density at radius 1 is 1.11 bits per heavy atom. The normalized spacial score (nSPS) is 24.9. The molecule has 0 radical (unpaired) electrons. The van der Waals surface area contributed by atoms with E-state index < -0.39 is 0 Å². The molecular weight excluding hydrogens is 394 g/mol. The fourth-order valence-electron chi connectivity index (χ4n) is 3.90. The molecule has 1 spiro atoms. The molecule has 1 amide bonds. The molecule has 1 saturated carbocycles. The molecule has 1 N–H and O–H groups in total. The molecule has 2 heterocycles. The van der Waals surface area contributed by atoms with E-state index in [2.05, 4.69) is 17.4 Å². The molecule has 3 fully saturated rings. The highest BCUT2D eigenvalue weighted by Crippen LogP contribution is 2.43. The van der Waals surface area contributed by atoms with E-state index in [1.165, 1.54) is 29.9 Å². The Kier molecular flexibility index (Phi) is 7.09. The fourth-order valence-corrected chi connectivity index (χ4v) is 6.79. The summed E-state index contributed by atoms with van der Waals surface area (Å²) in [6.45, 7) is 1.05. The van der Waals surface area contributed by atoms with Gasteiger partial charge in [-0.2, -0.15) is 0 Å². The Morgan fingerprint density at radius 2 is 1.86 bits per heavy atom. The van der Waals surface area contributed by atoms with Crippen molar-refractivity contribution in [2.24, 2.45) is 0 Å². The summed E-state index contributed by atoms with van der Waals surface area (Å²) in [7, 11) is 0. The molecule has 28 heavy (non-hydrogen) atoms. The molecule has 2 aliphatic heterocycles. The van der Waals surface area contributed by atoms with Crippen LogP contribution in [0.1, 0.15) is 48.7 Å². The van der Waals surface area contributed by atoms with E-state index in [9.17, 15) is 4.79 Å². The second kappa shape index (κ2) is 9.74. The van der Waals surface area contributed by atoms with Crippen LogP contribution < -0.4 is 10.1 Å². The van der Waals surface area contributed by atoms with Crippen LogP contribution in [0.3, 0.4) is 0 Å². The number of thioether (sulfide) groups is 2. The van der Waals surface area contributed by atoms with Gasteiger partial charge >= 0.3 is 0 Å². The number of ether oxygens (including phenoxy) is 3. The second-order valence-corrected chi connectivity index (χ2v) is 10.3. The van der Waals surface area contributed by atoms with Gasteiger partial charge in [-0.1, -0.05) is 18.6 Å². The Bertz CT molecular complexity index is 642. The molecule has 1 atom stereocenters. The van der Waals surface area contributed by atoms with Crippen LogP contribution >= 0.6 is 23.5 Å². The number of amides is 1. The number of nitrogens with one attached hydrogen (secondary N) is 1. The largest absolute Gasteiger partial charge is 0.484 e. The third-order valence-corrected chi connectivity index (χ3v) is 8.42. The first kappa shape index (κ1) is 20.4. The van der Waals surface area contributed by atoms with Crippen LogP contribution in [0.2, 0.25) is 0 Å². The maximum Gasteiger partial charge on any atom is 0.258 e. The number of rotatable bonds is 6. The summed E-state index contributed by atoms with van der Waals surface area (Å²) in [6.07, 6.45) is 6.73. The van der Waals surface area contributed by atoms with Crippen LogP contribution in [0.5, 0.6) is 5.75 Å². The minimum atomic E-state index is -0.388. The number of hydrogen-bond acceptors (Lipinski definition) is 6. The molecule has 1 aromatic rings. The Labute approximate surface area is 175 Å². The predicted octanol–water partition coefficient (Wildman–Crippen LogP) is 4.13. The molecule has 2 saturated heterocycles. The van der Waals surface area contributed by atoms with E-state index in [0.717, 1.165) is 31.4 Å². The Balaban J connectivity index is 1.16. The van der Waals surface area contributed by atoms with E-state index in [1.54, 1.807) is 0 Å². The van der Waals surface area contributed by atoms with E-state index in [4.69, 9.17) is 14.2 Å². The molecule has 5 nitrogen and oxygen atoms in total. The Morgan fingerprint density at radius 3 is 2.61 bits per heavy atom. The quantitative estimate of drug-likeness (QED) is 0.743. The molecule has 0 bridgehead atoms. The van der Waals surface area contributed by atoms with Crippen LogP contribution in [0.25, 0.3) is 0 Å². The van der Waals surface area contributed by atoms with Crippen LogP contribution in [-0.2, 0) is 14.3 Å². The summed E-state index contributed by atoms with van der Waals surface area (Å²) in [6, 6.07) is 8.13. The minimum absolute atomic E-state index is 0.0188. The first-order valence-corrected chi connectivity index (χ1v) is 12.4. The van der Waals surface area contributed by atoms with Gasteiger partial charge in [0.1, 0.15) is 11.9 Å². The lowest BCUT2D eigenvalue weighted by Crippen LogP contribution is -2.38. The first-order valence-electron chi connectivity index (χ1n) is 10.3. The zero-order valence-electron chi connectivity index (χ0n) is 16.2. The van der Waals surface area contributed by atoms with Gasteiger partial charge in [0.15, 0.2) is 12.4 Å². The molecule has 1 aliphatic carbocycles. The van der Waals surface area contributed by atoms with Gasteiger partial charge in [-0.3, -0.25) is 4.79 Å². The van der Waals surface area contributed by atoms with Gasteiger partial charge in [-0.25, -0.2) is 0 Å². The minimum Gasteiger partial charge on any atom is -0.484 e. The van der Waals surface area contributed by atoms with Crippen molar-refractivity contribution in [3.8, 4) is 5.75 Å². The second-order valence-electron chi connectivity index (χ2n) is 7.61. The van der Waals surface area contributed by atoms with Gasteiger partial charge in [-0.15, -0.1) is 23.5 Å². The van der Waals surface area contributed by atoms with Gasteiger partial charge in [0.2, 0.25) is 0 Å². The van der Waals surface area contributed by atoms with Crippen LogP contribution in [0, 0.1) is 0 Å². The molecule has 0 unspecified atom stereocenters. The predicted molar refractivity (Wildman–Crippen MR) is 114 cm³/mol. The van der Waals surface area contributed by atoms with Crippen LogP contribution in [0.15, 0.2) is 24.3 Å². The molecule has 3 aliphatic rings. The topological polar surface area (TPSA) is 56.8 Å². The molecule has 7 heteroatoms. The summed E-state index contributed by atoms with van der Waals surface area (Å²) in [5, 5.41) is 2.90. The van der Waals surface area contributed by atoms with Gasteiger partial charge in [0, 0.05) is 19.4 Å². The summed E-state index contributed by atoms with van der Waals surface area (Å²) >= 11 is 4.01. The molecule has 154 valence electrons. The van der Waals surface area contributed by atoms with Crippen molar-refractivity contribution in [1.29, 1.82) is 0 Å². The average Bonchev–Trinajstić information content (AvgIpc) is 3.14. The fraction of sp³-hybridized carbons (Fsp3) is 0.667. The van der Waals surface area contributed by atoms with Crippen molar-refractivity contribution >= 4 is 29.4 Å². The molecule has 0 aromatic heterocycles. The van der Waals surface area contributed by atoms with Gasteiger partial charge in [0.25, 0.3) is 5.91 Å². The maximum atomic E-state index is 12.1. The maximum absolute atomic E-state index is 12.1. The lowest BCUT2D eigenvalue weighted by atomic mass is 9.94. The standard InChI is InChI=1S/C21H29NO4S2/c23-19(22-13-18-14-25-21(26-18)9-2-1-3-10-21)15-24-17-7-5-16(6-8-17)20-27-11-4-12-28-20/h5-8,18,20H,1-4,9-15H2,(H,22,23)/t18-/m1/s1. The molecular formula is C21H29NO4S2. The number of carbonyl (C=O) groups excluding carboxylic acids is 1. The van der Waals surface area contributed by atoms with Gasteiger partial charge < -0.3 is 19.5 Å². The van der Waals surface area contributed by atoms with Crippen LogP contribution in [0.4, 0.5) is 0 Å². The lowest BCUT2D eigenvalue weighted by molar-refractivity contribution is -0.186. The van der Waals surface area contributed by atoms with Gasteiger partial charge in [0.05, 0.1) is 11.2 Å². The molecule has 1 aromatic carbocycles. The number of carbonyl (C=O) groups is 1. The van der Waals surface area contributed by atoms with Crippen molar-refractivity contribution in [1.82, 2.24) is 5.32 Å². The summed E-state index contributed by atoms with van der Waals surface area (Å²) in [5.41, 5.74) is 1.32. The highest BCUT2D eigenvalue weighted by atomic mass is 32.2. The summed E-state index contributed by atoms with van der Waals surface area (Å²) in [5.74, 6) is 2.67. The SMILES string of the molecule is O=C(COc1ccc(C2SCCCS2)cc1)NC[C@@H]1COC2(CCCCC2)O1. The summed E-state index contributed by atoms with van der Waals surface area (Å²) < 4.78 is 18.2. The zero-order valence-corrected chi connectivity index (χ0v) is 17.8. The van der Waals surface area contributed by atoms with E-state index in [0.29, 0.717) is 17.7 Å². The molecule has 4 rings (SSSR count). The van der Waals surface area contributed by atoms with Crippen LogP contribution in [-0.4, -0.2) is 49.1 Å². The van der Waals surface area contributed by atoms with Crippen molar-refractivity contribution in [2.45, 2.75) is 55.0 Å². The smallest absolute Gasteiger partial charge is 0.258 e. The third kappa shape index (κ3) is 5.38. The third-order valence-electron chi connectivity index (χ3n) is 5.41. The number of benzene rings is 1. The highest BCUT2D eigenvalue weighted by molar-refractivity contribution is 8.16. The highest BCUT2D eigenvalue weighted by Gasteiger charge is 2.42. The lowest BCUT2D eigenvalue weighted by Gasteiger charge is -2.31. The average molecular weight is 424 g/mol. The summed E-state index contributed by atoms with van der Waals surface area (Å²) in [4.78, 5) is 12.1. The van der Waals surface area contributed by atoms with E-state index in [1.807, 2.05) is 35.7 Å². The van der Waals surface area contributed by atoms with E-state index in [-0.39, 0.29) is 24.4 Å². The first-order chi connectivity index (χ1) is 13.7. The van der Waals surface area contributed by atoms with Gasteiger partial charge in [-0.05, 0) is 48.5 Å². The zero-order chi connectivity index (χ0) is 19.2. The van der Waals surface area contributed by atoms with Crippen molar-refractivity contribution in [2.75, 3.05) is 31.3 Å². The number of hydrogen-bond donors (Lipinski definition) is 1. The van der Waals surface area contributed by atoms with Crippen molar-refractivity contribution in [3.05, 3.63) is 29.8 Å². The van der Waals surface area contributed by atoms with E-state index >= 15 is 0 Å².